The highest BCUT2D eigenvalue weighted by molar-refractivity contribution is 7.91. The van der Waals surface area contributed by atoms with Gasteiger partial charge in [-0.15, -0.1) is 0 Å². The van der Waals surface area contributed by atoms with Crippen molar-refractivity contribution in [3.8, 4) is 0 Å². The van der Waals surface area contributed by atoms with Gasteiger partial charge < -0.3 is 0 Å². The quantitative estimate of drug-likeness (QED) is 0.572. The Hall–Kier alpha value is -0.620. The number of hydrogen-bond donors (Lipinski definition) is 1. The van der Waals surface area contributed by atoms with Crippen molar-refractivity contribution in [2.75, 3.05) is 11.5 Å². The summed E-state index contributed by atoms with van der Waals surface area (Å²) < 4.78 is 22.2. The molecule has 0 aromatic heterocycles. The van der Waals surface area contributed by atoms with E-state index < -0.39 is 15.4 Å². The highest BCUT2D eigenvalue weighted by Gasteiger charge is 2.44. The minimum Gasteiger partial charge on any atom is -0.273 e. The number of hydroxylamine groups is 1. The summed E-state index contributed by atoms with van der Waals surface area (Å²) >= 11 is 0. The molecule has 2 aliphatic rings. The molecule has 0 atom stereocenters. The first-order valence-corrected chi connectivity index (χ1v) is 6.01. The second-order valence-electron chi connectivity index (χ2n) is 3.64. The van der Waals surface area contributed by atoms with Gasteiger partial charge in [-0.2, -0.15) is 0 Å². The molecule has 0 radical (unpaired) electrons. The molecule has 0 aliphatic carbocycles. The summed E-state index contributed by atoms with van der Waals surface area (Å²) in [5, 5.41) is 0. The minimum absolute atomic E-state index is 0.127. The topological polar surface area (TPSA) is 72.5 Å². The van der Waals surface area contributed by atoms with Gasteiger partial charge in [0, 0.05) is 0 Å². The van der Waals surface area contributed by atoms with Crippen LogP contribution in [0.15, 0.2) is 0 Å². The van der Waals surface area contributed by atoms with E-state index in [0.717, 1.165) is 0 Å². The SMILES string of the molecule is O=C1CC2(CCS(=O)(=O)CC2)ON1. The molecule has 2 saturated heterocycles. The van der Waals surface area contributed by atoms with Crippen LogP contribution in [0.25, 0.3) is 0 Å². The summed E-state index contributed by atoms with van der Waals surface area (Å²) in [5.74, 6) is 0.100. The van der Waals surface area contributed by atoms with E-state index in [4.69, 9.17) is 4.84 Å². The molecule has 2 rings (SSSR count). The molecule has 13 heavy (non-hydrogen) atoms. The van der Waals surface area contributed by atoms with Crippen LogP contribution in [0.5, 0.6) is 0 Å². The number of carbonyl (C=O) groups is 1. The monoisotopic (exact) mass is 205 g/mol. The van der Waals surface area contributed by atoms with Crippen molar-refractivity contribution in [3.05, 3.63) is 0 Å². The van der Waals surface area contributed by atoms with E-state index in [1.165, 1.54) is 0 Å². The number of nitrogens with one attached hydrogen (secondary N) is 1. The highest BCUT2D eigenvalue weighted by atomic mass is 32.2. The molecule has 0 aromatic rings. The number of hydrogen-bond acceptors (Lipinski definition) is 4. The van der Waals surface area contributed by atoms with Crippen LogP contribution in [0.2, 0.25) is 0 Å². The highest BCUT2D eigenvalue weighted by Crippen LogP contribution is 2.33. The predicted octanol–water partition coefficient (Wildman–Crippen LogP) is -0.615. The Labute approximate surface area is 76.3 Å². The van der Waals surface area contributed by atoms with Gasteiger partial charge >= 0.3 is 0 Å². The van der Waals surface area contributed by atoms with Crippen LogP contribution in [0.3, 0.4) is 0 Å². The average Bonchev–Trinajstić information content (AvgIpc) is 2.41. The Morgan fingerprint density at radius 3 is 2.38 bits per heavy atom. The first kappa shape index (κ1) is 8.96. The number of sulfone groups is 1. The van der Waals surface area contributed by atoms with Crippen LogP contribution in [-0.4, -0.2) is 31.4 Å². The molecule has 0 saturated carbocycles. The Morgan fingerprint density at radius 2 is 1.92 bits per heavy atom. The molecule has 74 valence electrons. The zero-order valence-corrected chi connectivity index (χ0v) is 7.89. The maximum Gasteiger partial charge on any atom is 0.246 e. The summed E-state index contributed by atoms with van der Waals surface area (Å²) in [4.78, 5) is 16.0. The van der Waals surface area contributed by atoms with Crippen molar-refractivity contribution in [1.82, 2.24) is 5.48 Å². The number of amides is 1. The van der Waals surface area contributed by atoms with Gasteiger partial charge in [0.25, 0.3) is 0 Å². The van der Waals surface area contributed by atoms with E-state index in [-0.39, 0.29) is 17.4 Å². The first-order valence-electron chi connectivity index (χ1n) is 4.19. The van der Waals surface area contributed by atoms with Gasteiger partial charge in [-0.25, -0.2) is 13.9 Å². The van der Waals surface area contributed by atoms with E-state index in [9.17, 15) is 13.2 Å². The third-order valence-electron chi connectivity index (χ3n) is 2.60. The molecule has 6 heteroatoms. The van der Waals surface area contributed by atoms with E-state index in [2.05, 4.69) is 5.48 Å². The van der Waals surface area contributed by atoms with Crippen LogP contribution in [0, 0.1) is 0 Å². The molecule has 2 heterocycles. The molecule has 0 aromatic carbocycles. The van der Waals surface area contributed by atoms with E-state index in [1.54, 1.807) is 0 Å². The fourth-order valence-corrected chi connectivity index (χ4v) is 3.29. The second kappa shape index (κ2) is 2.68. The van der Waals surface area contributed by atoms with Crippen LogP contribution in [-0.2, 0) is 19.5 Å². The van der Waals surface area contributed by atoms with Crippen molar-refractivity contribution < 1.29 is 18.0 Å². The summed E-state index contributed by atoms with van der Waals surface area (Å²) in [7, 11) is -2.88. The summed E-state index contributed by atoms with van der Waals surface area (Å²) in [6, 6.07) is 0. The summed E-state index contributed by atoms with van der Waals surface area (Å²) in [6.45, 7) is 0. The van der Waals surface area contributed by atoms with Gasteiger partial charge in [-0.1, -0.05) is 0 Å². The maximum atomic E-state index is 11.1. The van der Waals surface area contributed by atoms with Crippen molar-refractivity contribution in [3.63, 3.8) is 0 Å². The molecule has 1 spiro atoms. The maximum absolute atomic E-state index is 11.1. The third-order valence-corrected chi connectivity index (χ3v) is 4.25. The largest absolute Gasteiger partial charge is 0.273 e. The Bertz CT molecular complexity index is 320. The van der Waals surface area contributed by atoms with Crippen molar-refractivity contribution >= 4 is 15.7 Å². The van der Waals surface area contributed by atoms with Gasteiger partial charge in [-0.3, -0.25) is 9.63 Å². The second-order valence-corrected chi connectivity index (χ2v) is 5.94. The standard InChI is InChI=1S/C7H11NO4S/c9-6-5-7(12-8-6)1-3-13(10,11)4-2-7/h1-5H2,(H,8,9). The lowest BCUT2D eigenvalue weighted by atomic mass is 9.93. The van der Waals surface area contributed by atoms with Gasteiger partial charge in [0.05, 0.1) is 17.9 Å². The minimum atomic E-state index is -2.88. The lowest BCUT2D eigenvalue weighted by Crippen LogP contribution is -2.39. The molecule has 2 aliphatic heterocycles. The number of rotatable bonds is 0. The Morgan fingerprint density at radius 1 is 1.31 bits per heavy atom. The molecular formula is C7H11NO4S. The van der Waals surface area contributed by atoms with Gasteiger partial charge in [0.1, 0.15) is 5.60 Å². The van der Waals surface area contributed by atoms with Crippen LogP contribution < -0.4 is 5.48 Å². The van der Waals surface area contributed by atoms with E-state index in [0.29, 0.717) is 19.3 Å². The fraction of sp³-hybridized carbons (Fsp3) is 0.857. The van der Waals surface area contributed by atoms with Crippen LogP contribution in [0.4, 0.5) is 0 Å². The third kappa shape index (κ3) is 1.68. The Balaban J connectivity index is 2.09. The zero-order valence-electron chi connectivity index (χ0n) is 7.08. The average molecular weight is 205 g/mol. The molecule has 0 bridgehead atoms. The van der Waals surface area contributed by atoms with E-state index >= 15 is 0 Å². The molecule has 1 N–H and O–H groups in total. The van der Waals surface area contributed by atoms with Crippen molar-refractivity contribution in [2.45, 2.75) is 24.9 Å². The molecule has 1 amide bonds. The smallest absolute Gasteiger partial charge is 0.246 e. The lowest BCUT2D eigenvalue weighted by molar-refractivity contribution is -0.126. The van der Waals surface area contributed by atoms with Crippen LogP contribution >= 0.6 is 0 Å². The normalized spacial score (nSPS) is 30.3. The van der Waals surface area contributed by atoms with Gasteiger partial charge in [-0.05, 0) is 12.8 Å². The molecule has 2 fully saturated rings. The van der Waals surface area contributed by atoms with Gasteiger partial charge in [0.15, 0.2) is 9.84 Å². The molecule has 5 nitrogen and oxygen atoms in total. The Kier molecular flexibility index (Phi) is 1.85. The van der Waals surface area contributed by atoms with E-state index in [1.807, 2.05) is 0 Å². The predicted molar refractivity (Wildman–Crippen MR) is 44.5 cm³/mol. The summed E-state index contributed by atoms with van der Waals surface area (Å²) in [5.41, 5.74) is 1.73. The van der Waals surface area contributed by atoms with Crippen LogP contribution in [0.1, 0.15) is 19.3 Å². The van der Waals surface area contributed by atoms with Crippen molar-refractivity contribution in [2.24, 2.45) is 0 Å². The molecular weight excluding hydrogens is 194 g/mol. The fourth-order valence-electron chi connectivity index (χ4n) is 1.72. The lowest BCUT2D eigenvalue weighted by Gasteiger charge is -2.29. The number of carbonyl (C=O) groups excluding carboxylic acids is 1. The summed E-state index contributed by atoms with van der Waals surface area (Å²) in [6.07, 6.45) is 1.14. The van der Waals surface area contributed by atoms with Gasteiger partial charge in [0.2, 0.25) is 5.91 Å². The van der Waals surface area contributed by atoms with Crippen molar-refractivity contribution in [1.29, 1.82) is 0 Å². The molecule has 0 unspecified atom stereocenters. The zero-order chi connectivity index (χ0) is 9.53. The first-order chi connectivity index (χ1) is 6.02.